The third-order valence-electron chi connectivity index (χ3n) is 5.66. The van der Waals surface area contributed by atoms with E-state index in [0.717, 1.165) is 53.7 Å². The average Bonchev–Trinajstić information content (AvgIpc) is 2.80. The van der Waals surface area contributed by atoms with Crippen molar-refractivity contribution in [2.75, 3.05) is 11.9 Å². The molecule has 0 aliphatic heterocycles. The number of nitrogens with zero attached hydrogens (tertiary/aromatic N) is 3. The van der Waals surface area contributed by atoms with Gasteiger partial charge in [0.25, 0.3) is 0 Å². The van der Waals surface area contributed by atoms with Crippen LogP contribution in [0.15, 0.2) is 47.5 Å². The van der Waals surface area contributed by atoms with Gasteiger partial charge in [0.1, 0.15) is 11.6 Å². The van der Waals surface area contributed by atoms with E-state index in [1.807, 2.05) is 61.5 Å². The Morgan fingerprint density at radius 3 is 2.67 bits per heavy atom. The van der Waals surface area contributed by atoms with E-state index in [1.54, 1.807) is 0 Å². The number of aliphatic imine (C=N–C) groups is 1. The maximum Gasteiger partial charge on any atom is 0.186 e. The number of hydrogen-bond donors (Lipinski definition) is 3. The van der Waals surface area contributed by atoms with Gasteiger partial charge in [0, 0.05) is 10.4 Å². The molecule has 8 heteroatoms. The number of anilines is 1. The fourth-order valence-electron chi connectivity index (χ4n) is 4.11. The third-order valence-corrected chi connectivity index (χ3v) is 5.91. The zero-order valence-electron chi connectivity index (χ0n) is 18.7. The van der Waals surface area contributed by atoms with Crippen LogP contribution in [0, 0.1) is 0 Å². The molecule has 33 heavy (non-hydrogen) atoms. The lowest BCUT2D eigenvalue weighted by molar-refractivity contribution is 0.340. The minimum atomic E-state index is 0.0110. The first-order valence-electron chi connectivity index (χ1n) is 11.3. The van der Waals surface area contributed by atoms with E-state index in [0.29, 0.717) is 17.5 Å². The topological polar surface area (TPSA) is 111 Å². The van der Waals surface area contributed by atoms with Crippen molar-refractivity contribution in [1.82, 2.24) is 9.97 Å². The number of guanidine groups is 1. The Labute approximate surface area is 198 Å². The van der Waals surface area contributed by atoms with Crippen LogP contribution in [-0.2, 0) is 0 Å². The number of ether oxygens (including phenoxy) is 1. The molecule has 0 amide bonds. The van der Waals surface area contributed by atoms with Gasteiger partial charge in [-0.25, -0.2) is 15.0 Å². The van der Waals surface area contributed by atoms with Crippen molar-refractivity contribution in [3.8, 4) is 5.75 Å². The van der Waals surface area contributed by atoms with Gasteiger partial charge in [-0.1, -0.05) is 42.7 Å². The van der Waals surface area contributed by atoms with Crippen LogP contribution in [0.3, 0.4) is 0 Å². The fourth-order valence-corrected chi connectivity index (χ4v) is 4.24. The lowest BCUT2D eigenvalue weighted by atomic mass is 9.90. The van der Waals surface area contributed by atoms with Gasteiger partial charge in [-0.05, 0) is 61.7 Å². The standard InChI is InChI=1S/C25H29ClN6O/c1-2-33-18-12-13-20-19(15-18)24(30-21-5-3-4-6-22(21)31-25(27)28)32-23(29-20)14-9-16-7-10-17(26)11-8-16/h7-15,21-22H,2-6H2,1H3,(H4,27,28,31)(H,29,30,32)/t21-,22+/m0/s1. The summed E-state index contributed by atoms with van der Waals surface area (Å²) in [4.78, 5) is 14.0. The van der Waals surface area contributed by atoms with Crippen molar-refractivity contribution in [3.05, 3.63) is 58.9 Å². The van der Waals surface area contributed by atoms with E-state index in [2.05, 4.69) is 10.3 Å². The molecular weight excluding hydrogens is 436 g/mol. The second-order valence-electron chi connectivity index (χ2n) is 8.08. The first-order chi connectivity index (χ1) is 16.0. The van der Waals surface area contributed by atoms with Gasteiger partial charge in [-0.15, -0.1) is 0 Å². The van der Waals surface area contributed by atoms with E-state index in [1.165, 1.54) is 0 Å². The Balaban J connectivity index is 1.71. The Morgan fingerprint density at radius 2 is 1.91 bits per heavy atom. The van der Waals surface area contributed by atoms with Crippen molar-refractivity contribution in [2.24, 2.45) is 16.5 Å². The molecule has 172 valence electrons. The summed E-state index contributed by atoms with van der Waals surface area (Å²) in [5.74, 6) is 2.26. The summed E-state index contributed by atoms with van der Waals surface area (Å²) < 4.78 is 5.71. The Morgan fingerprint density at radius 1 is 1.12 bits per heavy atom. The monoisotopic (exact) mass is 464 g/mol. The zero-order chi connectivity index (χ0) is 23.2. The summed E-state index contributed by atoms with van der Waals surface area (Å²) in [6.45, 7) is 2.55. The van der Waals surface area contributed by atoms with Crippen LogP contribution in [0.5, 0.6) is 5.75 Å². The normalized spacial score (nSPS) is 18.4. The van der Waals surface area contributed by atoms with Gasteiger partial charge in [0.15, 0.2) is 11.8 Å². The lowest BCUT2D eigenvalue weighted by Crippen LogP contribution is -2.38. The maximum absolute atomic E-state index is 5.99. The Hall–Kier alpha value is -3.32. The largest absolute Gasteiger partial charge is 0.494 e. The lowest BCUT2D eigenvalue weighted by Gasteiger charge is -2.30. The number of nitrogens with one attached hydrogen (secondary N) is 1. The van der Waals surface area contributed by atoms with Crippen LogP contribution in [0.1, 0.15) is 44.0 Å². The average molecular weight is 465 g/mol. The highest BCUT2D eigenvalue weighted by molar-refractivity contribution is 6.30. The molecule has 0 unspecified atom stereocenters. The second-order valence-corrected chi connectivity index (χ2v) is 8.52. The molecule has 2 atom stereocenters. The molecule has 5 N–H and O–H groups in total. The molecule has 7 nitrogen and oxygen atoms in total. The van der Waals surface area contributed by atoms with Gasteiger partial charge in [0.2, 0.25) is 0 Å². The van der Waals surface area contributed by atoms with Crippen LogP contribution in [0.4, 0.5) is 5.82 Å². The smallest absolute Gasteiger partial charge is 0.186 e. The number of fused-ring (bicyclic) bond motifs is 1. The van der Waals surface area contributed by atoms with E-state index in [4.69, 9.17) is 37.8 Å². The first kappa shape index (κ1) is 22.9. The quantitative estimate of drug-likeness (QED) is 0.340. The maximum atomic E-state index is 5.99. The molecule has 1 fully saturated rings. The van der Waals surface area contributed by atoms with Crippen molar-refractivity contribution in [3.63, 3.8) is 0 Å². The van der Waals surface area contributed by atoms with E-state index >= 15 is 0 Å². The summed E-state index contributed by atoms with van der Waals surface area (Å²) >= 11 is 5.99. The van der Waals surface area contributed by atoms with E-state index < -0.39 is 0 Å². The number of benzene rings is 2. The van der Waals surface area contributed by atoms with Gasteiger partial charge in [0.05, 0.1) is 24.2 Å². The van der Waals surface area contributed by atoms with Gasteiger partial charge < -0.3 is 21.5 Å². The van der Waals surface area contributed by atoms with Crippen LogP contribution in [0.2, 0.25) is 5.02 Å². The predicted molar refractivity (Wildman–Crippen MR) is 137 cm³/mol. The number of hydrogen-bond acceptors (Lipinski definition) is 5. The van der Waals surface area contributed by atoms with Crippen molar-refractivity contribution in [2.45, 2.75) is 44.7 Å². The summed E-state index contributed by atoms with van der Waals surface area (Å²) in [5.41, 5.74) is 13.2. The molecule has 1 aliphatic rings. The summed E-state index contributed by atoms with van der Waals surface area (Å²) in [7, 11) is 0. The molecular formula is C25H29ClN6O. The highest BCUT2D eigenvalue weighted by Crippen LogP contribution is 2.30. The fraction of sp³-hybridized carbons (Fsp3) is 0.320. The van der Waals surface area contributed by atoms with Gasteiger partial charge >= 0.3 is 0 Å². The predicted octanol–water partition coefficient (Wildman–Crippen LogP) is 4.85. The van der Waals surface area contributed by atoms with Crippen LogP contribution in [-0.4, -0.2) is 34.6 Å². The second kappa shape index (κ2) is 10.5. The highest BCUT2D eigenvalue weighted by Gasteiger charge is 2.26. The molecule has 1 heterocycles. The molecule has 0 spiro atoms. The number of rotatable bonds is 7. The summed E-state index contributed by atoms with van der Waals surface area (Å²) in [6.07, 6.45) is 8.00. The van der Waals surface area contributed by atoms with Crippen molar-refractivity contribution >= 4 is 46.4 Å². The Kier molecular flexibility index (Phi) is 7.29. The molecule has 2 aromatic carbocycles. The molecule has 4 rings (SSSR count). The molecule has 0 saturated heterocycles. The third kappa shape index (κ3) is 5.93. The SMILES string of the molecule is CCOc1ccc2nc(C=Cc3ccc(Cl)cc3)nc(N[C@H]3CCCC[C@H]3N=C(N)N)c2c1. The number of halogens is 1. The van der Waals surface area contributed by atoms with Crippen LogP contribution in [0.25, 0.3) is 23.1 Å². The van der Waals surface area contributed by atoms with Gasteiger partial charge in [-0.2, -0.15) is 0 Å². The number of nitrogens with two attached hydrogens (primary N) is 2. The first-order valence-corrected chi connectivity index (χ1v) is 11.6. The summed E-state index contributed by atoms with van der Waals surface area (Å²) in [6, 6.07) is 13.6. The molecule has 1 saturated carbocycles. The van der Waals surface area contributed by atoms with Crippen LogP contribution >= 0.6 is 11.6 Å². The van der Waals surface area contributed by atoms with Crippen molar-refractivity contribution in [1.29, 1.82) is 0 Å². The molecule has 0 bridgehead atoms. The summed E-state index contributed by atoms with van der Waals surface area (Å²) in [5, 5.41) is 5.22. The minimum Gasteiger partial charge on any atom is -0.494 e. The van der Waals surface area contributed by atoms with E-state index in [-0.39, 0.29) is 18.0 Å². The van der Waals surface area contributed by atoms with Crippen molar-refractivity contribution < 1.29 is 4.74 Å². The number of aromatic nitrogens is 2. The van der Waals surface area contributed by atoms with E-state index in [9.17, 15) is 0 Å². The van der Waals surface area contributed by atoms with Crippen LogP contribution < -0.4 is 21.5 Å². The van der Waals surface area contributed by atoms with Gasteiger partial charge in [-0.3, -0.25) is 0 Å². The molecule has 1 aliphatic carbocycles. The Bertz CT molecular complexity index is 1160. The highest BCUT2D eigenvalue weighted by atomic mass is 35.5. The zero-order valence-corrected chi connectivity index (χ0v) is 19.4. The molecule has 3 aromatic rings. The molecule has 1 aromatic heterocycles. The molecule has 0 radical (unpaired) electrons. The minimum absolute atomic E-state index is 0.0110.